The fourth-order valence-corrected chi connectivity index (χ4v) is 5.16. The van der Waals surface area contributed by atoms with Gasteiger partial charge in [-0.25, -0.2) is 0 Å². The van der Waals surface area contributed by atoms with E-state index in [1.165, 1.54) is 11.1 Å². The molecule has 0 heterocycles. The molecule has 0 amide bonds. The largest absolute Gasteiger partial charge is 0.396 e. The van der Waals surface area contributed by atoms with E-state index in [1.54, 1.807) is 0 Å². The highest BCUT2D eigenvalue weighted by Gasteiger charge is 2.26. The van der Waals surface area contributed by atoms with E-state index in [0.29, 0.717) is 18.6 Å². The number of benzene rings is 2. The lowest BCUT2D eigenvalue weighted by Crippen LogP contribution is -2.23. The Kier molecular flexibility index (Phi) is 12.6. The molecule has 2 aromatic carbocycles. The molecule has 0 spiro atoms. The summed E-state index contributed by atoms with van der Waals surface area (Å²) >= 11 is 0. The molecule has 2 unspecified atom stereocenters. The zero-order valence-electron chi connectivity index (χ0n) is 21.5. The van der Waals surface area contributed by atoms with Crippen LogP contribution in [0.25, 0.3) is 0 Å². The molecule has 0 saturated heterocycles. The van der Waals surface area contributed by atoms with Gasteiger partial charge in [0.15, 0.2) is 0 Å². The minimum absolute atomic E-state index is 0.00426. The number of aliphatic hydroxyl groups is 2. The third-order valence-corrected chi connectivity index (χ3v) is 7.64. The van der Waals surface area contributed by atoms with Crippen molar-refractivity contribution in [2.75, 3.05) is 13.2 Å². The lowest BCUT2D eigenvalue weighted by Gasteiger charge is -2.30. The minimum atomic E-state index is 0.00426. The second kappa shape index (κ2) is 15.1. The van der Waals surface area contributed by atoms with Crippen molar-refractivity contribution in [2.45, 2.75) is 102 Å². The van der Waals surface area contributed by atoms with Gasteiger partial charge in [0.2, 0.25) is 0 Å². The molecule has 2 N–H and O–H groups in total. The Morgan fingerprint density at radius 1 is 0.588 bits per heavy atom. The summed E-state index contributed by atoms with van der Waals surface area (Å²) < 4.78 is 0. The number of unbranched alkanes of at least 4 members (excludes halogenated alkanes) is 4. The maximum Gasteiger partial charge on any atom is 0.132 e. The Hall–Kier alpha value is -1.97. The van der Waals surface area contributed by atoms with Crippen LogP contribution in [0.4, 0.5) is 0 Å². The predicted octanol–water partition coefficient (Wildman–Crippen LogP) is 7.14. The van der Waals surface area contributed by atoms with E-state index in [1.807, 2.05) is 12.1 Å². The van der Waals surface area contributed by atoms with Crippen molar-refractivity contribution in [2.24, 2.45) is 0 Å². The highest BCUT2D eigenvalue weighted by molar-refractivity contribution is 5.78. The standard InChI is InChI=1S/C31H46O3/c1-30(23-25-32,27-15-7-3-8-16-27)21-13-5-11-19-29(34)20-12-6-14-22-31(2,24-26-33)28-17-9-4-10-18-28/h3-4,7-10,15-18,32-33H,5-6,11-14,19-26H2,1-2H3. The molecule has 0 radical (unpaired) electrons. The summed E-state index contributed by atoms with van der Waals surface area (Å²) in [5, 5.41) is 19.1. The first-order valence-corrected chi connectivity index (χ1v) is 13.3. The van der Waals surface area contributed by atoms with E-state index >= 15 is 0 Å². The smallest absolute Gasteiger partial charge is 0.132 e. The van der Waals surface area contributed by atoms with Crippen molar-refractivity contribution >= 4 is 5.78 Å². The number of rotatable bonds is 18. The van der Waals surface area contributed by atoms with E-state index in [-0.39, 0.29) is 24.0 Å². The van der Waals surface area contributed by atoms with Gasteiger partial charge in [0.25, 0.3) is 0 Å². The molecule has 3 heteroatoms. The molecule has 0 saturated carbocycles. The van der Waals surface area contributed by atoms with Gasteiger partial charge < -0.3 is 10.2 Å². The summed E-state index contributed by atoms with van der Waals surface area (Å²) in [6.07, 6.45) is 11.2. The van der Waals surface area contributed by atoms with Gasteiger partial charge in [-0.2, -0.15) is 0 Å². The third-order valence-electron chi connectivity index (χ3n) is 7.64. The van der Waals surface area contributed by atoms with Crippen LogP contribution in [0.15, 0.2) is 60.7 Å². The summed E-state index contributed by atoms with van der Waals surface area (Å²) in [7, 11) is 0. The quantitative estimate of drug-likeness (QED) is 0.230. The molecule has 3 nitrogen and oxygen atoms in total. The first-order chi connectivity index (χ1) is 16.4. The van der Waals surface area contributed by atoms with Crippen LogP contribution in [0.2, 0.25) is 0 Å². The van der Waals surface area contributed by atoms with Crippen LogP contribution in [-0.2, 0) is 15.6 Å². The number of aliphatic hydroxyl groups excluding tert-OH is 2. The molecule has 0 aromatic heterocycles. The molecule has 0 aliphatic rings. The molecule has 0 fully saturated rings. The zero-order valence-corrected chi connectivity index (χ0v) is 21.5. The van der Waals surface area contributed by atoms with E-state index in [9.17, 15) is 15.0 Å². The monoisotopic (exact) mass is 466 g/mol. The maximum absolute atomic E-state index is 12.3. The van der Waals surface area contributed by atoms with E-state index in [4.69, 9.17) is 0 Å². The summed E-state index contributed by atoms with van der Waals surface area (Å²) in [5.74, 6) is 0.391. The first kappa shape index (κ1) is 28.3. The predicted molar refractivity (Wildman–Crippen MR) is 142 cm³/mol. The summed E-state index contributed by atoms with van der Waals surface area (Å²) in [6.45, 7) is 4.89. The number of Topliss-reactive ketones (excluding diaryl/α,β-unsaturated/α-hetero) is 1. The van der Waals surface area contributed by atoms with Gasteiger partial charge in [0.1, 0.15) is 5.78 Å². The van der Waals surface area contributed by atoms with Gasteiger partial charge in [0, 0.05) is 26.1 Å². The van der Waals surface area contributed by atoms with E-state index in [0.717, 1.165) is 64.2 Å². The molecule has 2 aromatic rings. The van der Waals surface area contributed by atoms with Crippen LogP contribution in [0.3, 0.4) is 0 Å². The highest BCUT2D eigenvalue weighted by atomic mass is 16.3. The fraction of sp³-hybridized carbons (Fsp3) is 0.581. The van der Waals surface area contributed by atoms with Crippen molar-refractivity contribution in [1.82, 2.24) is 0 Å². The molecular weight excluding hydrogens is 420 g/mol. The van der Waals surface area contributed by atoms with Crippen molar-refractivity contribution in [3.8, 4) is 0 Å². The topological polar surface area (TPSA) is 57.5 Å². The molecular formula is C31H46O3. The lowest BCUT2D eigenvalue weighted by molar-refractivity contribution is -0.119. The van der Waals surface area contributed by atoms with Crippen molar-refractivity contribution in [3.63, 3.8) is 0 Å². The maximum atomic E-state index is 12.3. The van der Waals surface area contributed by atoms with Crippen LogP contribution in [0.1, 0.15) is 102 Å². The van der Waals surface area contributed by atoms with E-state index < -0.39 is 0 Å². The van der Waals surface area contributed by atoms with Gasteiger partial charge in [-0.05, 0) is 60.5 Å². The van der Waals surface area contributed by atoms with Crippen LogP contribution >= 0.6 is 0 Å². The van der Waals surface area contributed by atoms with Crippen molar-refractivity contribution < 1.29 is 15.0 Å². The number of hydrogen-bond acceptors (Lipinski definition) is 3. The van der Waals surface area contributed by atoms with E-state index in [2.05, 4.69) is 62.4 Å². The Bertz CT molecular complexity index is 736. The fourth-order valence-electron chi connectivity index (χ4n) is 5.16. The van der Waals surface area contributed by atoms with Crippen molar-refractivity contribution in [3.05, 3.63) is 71.8 Å². The van der Waals surface area contributed by atoms with Gasteiger partial charge in [0.05, 0.1) is 0 Å². The highest BCUT2D eigenvalue weighted by Crippen LogP contribution is 2.34. The number of hydrogen-bond donors (Lipinski definition) is 2. The average molecular weight is 467 g/mol. The molecule has 0 aliphatic heterocycles. The Morgan fingerprint density at radius 3 is 1.32 bits per heavy atom. The summed E-state index contributed by atoms with van der Waals surface area (Å²) in [5.41, 5.74) is 2.60. The van der Waals surface area contributed by atoms with Crippen LogP contribution in [0, 0.1) is 0 Å². The van der Waals surface area contributed by atoms with Crippen LogP contribution in [-0.4, -0.2) is 29.2 Å². The van der Waals surface area contributed by atoms with Gasteiger partial charge in [-0.1, -0.05) is 100 Å². The molecule has 0 bridgehead atoms. The van der Waals surface area contributed by atoms with Crippen LogP contribution in [0.5, 0.6) is 0 Å². The van der Waals surface area contributed by atoms with Gasteiger partial charge in [-0.15, -0.1) is 0 Å². The Balaban J connectivity index is 1.62. The SMILES string of the molecule is CC(CCO)(CCCCCC(=O)CCCCCC(C)(CCO)c1ccccc1)c1ccccc1. The summed E-state index contributed by atoms with van der Waals surface area (Å²) in [6, 6.07) is 21.0. The van der Waals surface area contributed by atoms with Gasteiger partial charge >= 0.3 is 0 Å². The van der Waals surface area contributed by atoms with Crippen LogP contribution < -0.4 is 0 Å². The Morgan fingerprint density at radius 2 is 0.971 bits per heavy atom. The first-order valence-electron chi connectivity index (χ1n) is 13.3. The third kappa shape index (κ3) is 9.35. The summed E-state index contributed by atoms with van der Waals surface area (Å²) in [4.78, 5) is 12.3. The number of carbonyl (C=O) groups excluding carboxylic acids is 1. The molecule has 2 atom stereocenters. The average Bonchev–Trinajstić information content (AvgIpc) is 2.85. The second-order valence-electron chi connectivity index (χ2n) is 10.5. The molecule has 34 heavy (non-hydrogen) atoms. The Labute approximate surface area is 207 Å². The van der Waals surface area contributed by atoms with Gasteiger partial charge in [-0.3, -0.25) is 4.79 Å². The second-order valence-corrected chi connectivity index (χ2v) is 10.5. The molecule has 188 valence electrons. The normalized spacial score (nSPS) is 14.9. The molecule has 0 aliphatic carbocycles. The zero-order chi connectivity index (χ0) is 24.7. The molecule has 2 rings (SSSR count). The van der Waals surface area contributed by atoms with Crippen molar-refractivity contribution in [1.29, 1.82) is 0 Å². The number of ketones is 1. The lowest BCUT2D eigenvalue weighted by atomic mass is 9.75. The minimum Gasteiger partial charge on any atom is -0.396 e. The number of carbonyl (C=O) groups is 1.